The molecule has 16 heavy (non-hydrogen) atoms. The van der Waals surface area contributed by atoms with Gasteiger partial charge in [0.2, 0.25) is 5.91 Å². The van der Waals surface area contributed by atoms with Crippen LogP contribution in [0, 0.1) is 0 Å². The Kier molecular flexibility index (Phi) is 2.92. The maximum Gasteiger partial charge on any atom is 0.248 e. The van der Waals surface area contributed by atoms with Crippen molar-refractivity contribution in [2.45, 2.75) is 12.8 Å². The molecular weight excluding hydrogens is 226 g/mol. The zero-order valence-corrected chi connectivity index (χ0v) is 9.63. The van der Waals surface area contributed by atoms with Gasteiger partial charge in [0.15, 0.2) is 0 Å². The fourth-order valence-electron chi connectivity index (χ4n) is 2.04. The van der Waals surface area contributed by atoms with Gasteiger partial charge in [-0.3, -0.25) is 4.79 Å². The van der Waals surface area contributed by atoms with Crippen molar-refractivity contribution in [2.75, 3.05) is 23.7 Å². The Balaban J connectivity index is 2.42. The number of carbonyl (C=O) groups is 1. The van der Waals surface area contributed by atoms with Crippen molar-refractivity contribution in [3.05, 3.63) is 22.7 Å². The molecule has 0 spiro atoms. The lowest BCUT2D eigenvalue weighted by molar-refractivity contribution is 0.100. The molecule has 1 aliphatic rings. The van der Waals surface area contributed by atoms with Crippen molar-refractivity contribution in [2.24, 2.45) is 5.73 Å². The van der Waals surface area contributed by atoms with Gasteiger partial charge in [0.25, 0.3) is 0 Å². The Morgan fingerprint density at radius 1 is 1.31 bits per heavy atom. The maximum atomic E-state index is 11.0. The molecule has 1 fully saturated rings. The number of hydrogen-bond donors (Lipinski definition) is 2. The van der Waals surface area contributed by atoms with Crippen LogP contribution in [0.25, 0.3) is 0 Å². The maximum absolute atomic E-state index is 11.0. The van der Waals surface area contributed by atoms with E-state index >= 15 is 0 Å². The summed E-state index contributed by atoms with van der Waals surface area (Å²) in [7, 11) is 0. The Labute approximate surface area is 99.2 Å². The largest absolute Gasteiger partial charge is 0.397 e. The third kappa shape index (κ3) is 1.93. The van der Waals surface area contributed by atoms with Crippen LogP contribution in [0.5, 0.6) is 0 Å². The van der Waals surface area contributed by atoms with Crippen LogP contribution in [0.4, 0.5) is 11.4 Å². The molecule has 4 N–H and O–H groups in total. The summed E-state index contributed by atoms with van der Waals surface area (Å²) < 4.78 is 0. The van der Waals surface area contributed by atoms with Gasteiger partial charge in [0, 0.05) is 18.7 Å². The number of carbonyl (C=O) groups excluding carboxylic acids is 1. The third-order valence-corrected chi connectivity index (χ3v) is 3.09. The first-order valence-corrected chi connectivity index (χ1v) is 5.61. The Morgan fingerprint density at radius 2 is 1.94 bits per heavy atom. The summed E-state index contributed by atoms with van der Waals surface area (Å²) >= 11 is 6.13. The van der Waals surface area contributed by atoms with Gasteiger partial charge in [-0.15, -0.1) is 0 Å². The van der Waals surface area contributed by atoms with E-state index in [1.165, 1.54) is 0 Å². The van der Waals surface area contributed by atoms with Crippen molar-refractivity contribution < 1.29 is 4.79 Å². The molecule has 0 atom stereocenters. The average Bonchev–Trinajstić information content (AvgIpc) is 2.69. The van der Waals surface area contributed by atoms with Gasteiger partial charge in [-0.2, -0.15) is 0 Å². The van der Waals surface area contributed by atoms with Crippen molar-refractivity contribution in [1.29, 1.82) is 0 Å². The van der Waals surface area contributed by atoms with E-state index in [2.05, 4.69) is 4.90 Å². The first kappa shape index (κ1) is 11.1. The smallest absolute Gasteiger partial charge is 0.248 e. The van der Waals surface area contributed by atoms with Crippen molar-refractivity contribution in [1.82, 2.24) is 0 Å². The van der Waals surface area contributed by atoms with Crippen LogP contribution in [0.1, 0.15) is 23.2 Å². The number of rotatable bonds is 2. The van der Waals surface area contributed by atoms with E-state index in [4.69, 9.17) is 23.1 Å². The van der Waals surface area contributed by atoms with Crippen LogP contribution in [0.15, 0.2) is 12.1 Å². The quantitative estimate of drug-likeness (QED) is 0.771. The van der Waals surface area contributed by atoms with E-state index < -0.39 is 5.91 Å². The lowest BCUT2D eigenvalue weighted by Crippen LogP contribution is -2.20. The predicted octanol–water partition coefficient (Wildman–Crippen LogP) is 1.62. The van der Waals surface area contributed by atoms with Crippen molar-refractivity contribution in [3.8, 4) is 0 Å². The lowest BCUT2D eigenvalue weighted by Gasteiger charge is -2.21. The highest BCUT2D eigenvalue weighted by Gasteiger charge is 2.19. The Morgan fingerprint density at radius 3 is 2.44 bits per heavy atom. The van der Waals surface area contributed by atoms with Gasteiger partial charge in [-0.25, -0.2) is 0 Å². The van der Waals surface area contributed by atoms with Gasteiger partial charge < -0.3 is 16.4 Å². The van der Waals surface area contributed by atoms with Gasteiger partial charge >= 0.3 is 0 Å². The number of anilines is 2. The number of nitrogens with two attached hydrogens (primary N) is 2. The molecular formula is C11H14ClN3O. The van der Waals surface area contributed by atoms with Gasteiger partial charge in [0.1, 0.15) is 0 Å². The van der Waals surface area contributed by atoms with E-state index in [9.17, 15) is 4.79 Å². The summed E-state index contributed by atoms with van der Waals surface area (Å²) in [5, 5.41) is 0.496. The van der Waals surface area contributed by atoms with Crippen LogP contribution in [-0.4, -0.2) is 19.0 Å². The molecule has 86 valence electrons. The highest BCUT2D eigenvalue weighted by molar-refractivity contribution is 6.34. The monoisotopic (exact) mass is 239 g/mol. The van der Waals surface area contributed by atoms with E-state index in [0.717, 1.165) is 31.6 Å². The molecule has 0 radical (unpaired) electrons. The van der Waals surface area contributed by atoms with Gasteiger partial charge in [0.05, 0.1) is 16.4 Å². The molecule has 0 unspecified atom stereocenters. The number of nitrogens with zero attached hydrogens (tertiary/aromatic N) is 1. The highest BCUT2D eigenvalue weighted by atomic mass is 35.5. The molecule has 0 aromatic heterocycles. The second-order valence-corrected chi connectivity index (χ2v) is 4.36. The highest BCUT2D eigenvalue weighted by Crippen LogP contribution is 2.35. The third-order valence-electron chi connectivity index (χ3n) is 2.80. The number of benzene rings is 1. The molecule has 1 amide bonds. The van der Waals surface area contributed by atoms with E-state index in [1.54, 1.807) is 12.1 Å². The van der Waals surface area contributed by atoms with Crippen LogP contribution >= 0.6 is 11.6 Å². The summed E-state index contributed by atoms with van der Waals surface area (Å²) in [6.07, 6.45) is 2.29. The molecule has 2 rings (SSSR count). The zero-order valence-electron chi connectivity index (χ0n) is 8.87. The first-order chi connectivity index (χ1) is 7.59. The minimum absolute atomic E-state index is 0.352. The number of amides is 1. The Hall–Kier alpha value is -1.42. The number of hydrogen-bond acceptors (Lipinski definition) is 3. The summed E-state index contributed by atoms with van der Waals surface area (Å²) in [4.78, 5) is 13.2. The molecule has 0 bridgehead atoms. The number of primary amides is 1. The fourth-order valence-corrected chi connectivity index (χ4v) is 2.38. The number of nitrogen functional groups attached to an aromatic ring is 1. The second-order valence-electron chi connectivity index (χ2n) is 3.95. The first-order valence-electron chi connectivity index (χ1n) is 5.23. The average molecular weight is 240 g/mol. The minimum Gasteiger partial charge on any atom is -0.397 e. The summed E-state index contributed by atoms with van der Waals surface area (Å²) in [5.41, 5.74) is 12.8. The van der Waals surface area contributed by atoms with Gasteiger partial charge in [-0.05, 0) is 25.0 Å². The minimum atomic E-state index is -0.512. The normalized spacial score (nSPS) is 15.4. The summed E-state index contributed by atoms with van der Waals surface area (Å²) in [6.45, 7) is 1.92. The molecule has 1 aliphatic heterocycles. The molecule has 0 saturated carbocycles. The standard InChI is InChI=1S/C11H14ClN3O/c12-8-5-7(11(14)16)6-9(13)10(8)15-3-1-2-4-15/h5-6H,1-4,13H2,(H2,14,16). The van der Waals surface area contributed by atoms with Crippen LogP contribution < -0.4 is 16.4 Å². The second kappa shape index (κ2) is 4.22. The van der Waals surface area contributed by atoms with Crippen molar-refractivity contribution in [3.63, 3.8) is 0 Å². The molecule has 0 aliphatic carbocycles. The SMILES string of the molecule is NC(=O)c1cc(N)c(N2CCCC2)c(Cl)c1. The number of halogens is 1. The van der Waals surface area contributed by atoms with Crippen LogP contribution in [0.2, 0.25) is 5.02 Å². The molecule has 1 saturated heterocycles. The molecule has 1 aromatic rings. The molecule has 5 heteroatoms. The lowest BCUT2D eigenvalue weighted by atomic mass is 10.1. The van der Waals surface area contributed by atoms with Crippen molar-refractivity contribution >= 4 is 28.9 Å². The summed E-state index contributed by atoms with van der Waals surface area (Å²) in [5.74, 6) is -0.512. The van der Waals surface area contributed by atoms with E-state index in [1.807, 2.05) is 0 Å². The molecule has 4 nitrogen and oxygen atoms in total. The van der Waals surface area contributed by atoms with Gasteiger partial charge in [-0.1, -0.05) is 11.6 Å². The summed E-state index contributed by atoms with van der Waals surface area (Å²) in [6, 6.07) is 3.16. The van der Waals surface area contributed by atoms with E-state index in [0.29, 0.717) is 16.3 Å². The van der Waals surface area contributed by atoms with Crippen LogP contribution in [-0.2, 0) is 0 Å². The van der Waals surface area contributed by atoms with E-state index in [-0.39, 0.29) is 0 Å². The molecule has 1 heterocycles. The molecule has 1 aromatic carbocycles. The fraction of sp³-hybridized carbons (Fsp3) is 0.364. The Bertz CT molecular complexity index is 404. The topological polar surface area (TPSA) is 72.3 Å². The zero-order chi connectivity index (χ0) is 11.7. The predicted molar refractivity (Wildman–Crippen MR) is 65.8 cm³/mol. The van der Waals surface area contributed by atoms with Crippen LogP contribution in [0.3, 0.4) is 0 Å².